The van der Waals surface area contributed by atoms with Crippen LogP contribution in [0.5, 0.6) is 0 Å². The largest absolute Gasteiger partial charge is 0.433 e. The Morgan fingerprint density at radius 1 is 1.25 bits per heavy atom. The van der Waals surface area contributed by atoms with Crippen LogP contribution in [0.2, 0.25) is 0 Å². The predicted octanol–water partition coefficient (Wildman–Crippen LogP) is 3.52. The molecule has 1 fully saturated rings. The first kappa shape index (κ1) is 18.3. The molecule has 1 aromatic carbocycles. The Balaban J connectivity index is 1.33. The second-order valence-electron chi connectivity index (χ2n) is 6.97. The van der Waals surface area contributed by atoms with E-state index in [9.17, 15) is 18.0 Å². The Morgan fingerprint density at radius 3 is 2.86 bits per heavy atom. The van der Waals surface area contributed by atoms with Crippen LogP contribution < -0.4 is 10.2 Å². The number of carbonyl (C=O) groups excluding carboxylic acids is 1. The van der Waals surface area contributed by atoms with Crippen LogP contribution in [0.25, 0.3) is 10.9 Å². The van der Waals surface area contributed by atoms with Gasteiger partial charge in [-0.3, -0.25) is 4.79 Å². The summed E-state index contributed by atoms with van der Waals surface area (Å²) in [5, 5.41) is 4.11. The number of halogens is 3. The van der Waals surface area contributed by atoms with Gasteiger partial charge < -0.3 is 15.2 Å². The van der Waals surface area contributed by atoms with Gasteiger partial charge in [0, 0.05) is 30.8 Å². The summed E-state index contributed by atoms with van der Waals surface area (Å²) in [6.07, 6.45) is -0.324. The zero-order valence-electron chi connectivity index (χ0n) is 15.0. The van der Waals surface area contributed by atoms with Crippen LogP contribution in [0.1, 0.15) is 17.7 Å². The Morgan fingerprint density at radius 2 is 2.11 bits per heavy atom. The SMILES string of the molecule is O=C(Cc1ccc2cc[nH]c2c1)NC1CCN(c2ccc(C(F)(F)F)nc2)C1. The average Bonchev–Trinajstić information content (AvgIpc) is 3.30. The van der Waals surface area contributed by atoms with Crippen molar-refractivity contribution in [2.24, 2.45) is 0 Å². The molecule has 4 rings (SSSR count). The predicted molar refractivity (Wildman–Crippen MR) is 100 cm³/mol. The quantitative estimate of drug-likeness (QED) is 0.719. The molecule has 28 heavy (non-hydrogen) atoms. The molecule has 1 atom stereocenters. The van der Waals surface area contributed by atoms with Gasteiger partial charge in [-0.1, -0.05) is 12.1 Å². The minimum absolute atomic E-state index is 0.0380. The first-order valence-corrected chi connectivity index (χ1v) is 9.02. The van der Waals surface area contributed by atoms with Crippen molar-refractivity contribution in [1.29, 1.82) is 0 Å². The summed E-state index contributed by atoms with van der Waals surface area (Å²) in [6, 6.07) is 10.2. The normalized spacial score (nSPS) is 17.2. The summed E-state index contributed by atoms with van der Waals surface area (Å²) >= 11 is 0. The van der Waals surface area contributed by atoms with Crippen molar-refractivity contribution in [3.8, 4) is 0 Å². The standard InChI is InChI=1S/C20H19F3N4O/c21-20(22,23)18-4-3-16(11-25-18)27-8-6-15(12-27)26-19(28)10-13-1-2-14-5-7-24-17(14)9-13/h1-5,7,9,11,15,24H,6,8,10,12H2,(H,26,28). The molecule has 2 N–H and O–H groups in total. The zero-order chi connectivity index (χ0) is 19.7. The fraction of sp³-hybridized carbons (Fsp3) is 0.300. The van der Waals surface area contributed by atoms with E-state index in [1.807, 2.05) is 35.4 Å². The number of nitrogens with zero attached hydrogens (tertiary/aromatic N) is 2. The average molecular weight is 388 g/mol. The molecule has 1 amide bonds. The van der Waals surface area contributed by atoms with E-state index in [4.69, 9.17) is 0 Å². The van der Waals surface area contributed by atoms with E-state index in [1.165, 1.54) is 12.3 Å². The van der Waals surface area contributed by atoms with Crippen LogP contribution in [0, 0.1) is 0 Å². The van der Waals surface area contributed by atoms with Gasteiger partial charge in [0.25, 0.3) is 0 Å². The minimum Gasteiger partial charge on any atom is -0.368 e. The van der Waals surface area contributed by atoms with E-state index in [0.717, 1.165) is 29.0 Å². The first-order valence-electron chi connectivity index (χ1n) is 9.02. The number of anilines is 1. The molecule has 1 unspecified atom stereocenters. The molecule has 0 saturated carbocycles. The van der Waals surface area contributed by atoms with Gasteiger partial charge in [0.1, 0.15) is 5.69 Å². The maximum Gasteiger partial charge on any atom is 0.433 e. The van der Waals surface area contributed by atoms with Gasteiger partial charge >= 0.3 is 6.18 Å². The number of H-pyrrole nitrogens is 1. The maximum atomic E-state index is 12.6. The molecule has 3 heterocycles. The summed E-state index contributed by atoms with van der Waals surface area (Å²) in [5.74, 6) is -0.0664. The number of pyridine rings is 1. The number of carbonyl (C=O) groups is 1. The molecule has 3 aromatic rings. The third-order valence-corrected chi connectivity index (χ3v) is 4.94. The fourth-order valence-corrected chi connectivity index (χ4v) is 3.52. The van der Waals surface area contributed by atoms with Crippen LogP contribution >= 0.6 is 0 Å². The lowest BCUT2D eigenvalue weighted by Crippen LogP contribution is -2.38. The van der Waals surface area contributed by atoms with Crippen LogP contribution in [-0.4, -0.2) is 35.0 Å². The van der Waals surface area contributed by atoms with Crippen molar-refractivity contribution in [2.45, 2.75) is 25.1 Å². The highest BCUT2D eigenvalue weighted by Gasteiger charge is 2.32. The number of alkyl halides is 3. The van der Waals surface area contributed by atoms with E-state index in [-0.39, 0.29) is 18.4 Å². The number of rotatable bonds is 4. The van der Waals surface area contributed by atoms with E-state index >= 15 is 0 Å². The van der Waals surface area contributed by atoms with Crippen LogP contribution in [0.3, 0.4) is 0 Å². The topological polar surface area (TPSA) is 61.0 Å². The van der Waals surface area contributed by atoms with E-state index in [1.54, 1.807) is 0 Å². The summed E-state index contributed by atoms with van der Waals surface area (Å²) in [5.41, 5.74) is 1.64. The molecule has 1 aliphatic rings. The van der Waals surface area contributed by atoms with Gasteiger partial charge in [0.2, 0.25) is 5.91 Å². The molecule has 146 valence electrons. The second kappa shape index (κ2) is 7.18. The smallest absolute Gasteiger partial charge is 0.368 e. The Labute approximate surface area is 159 Å². The number of amides is 1. The van der Waals surface area contributed by atoms with Gasteiger partial charge in [-0.25, -0.2) is 4.98 Å². The van der Waals surface area contributed by atoms with Gasteiger partial charge in [0.15, 0.2) is 0 Å². The van der Waals surface area contributed by atoms with Crippen LogP contribution in [-0.2, 0) is 17.4 Å². The molecule has 5 nitrogen and oxygen atoms in total. The first-order chi connectivity index (χ1) is 13.4. The van der Waals surface area contributed by atoms with E-state index in [2.05, 4.69) is 15.3 Å². The maximum absolute atomic E-state index is 12.6. The molecular formula is C20H19F3N4O. The lowest BCUT2D eigenvalue weighted by molar-refractivity contribution is -0.141. The number of nitrogens with one attached hydrogen (secondary N) is 2. The van der Waals surface area contributed by atoms with E-state index in [0.29, 0.717) is 18.8 Å². The summed E-state index contributed by atoms with van der Waals surface area (Å²) in [4.78, 5) is 20.9. The van der Waals surface area contributed by atoms with Crippen LogP contribution in [0.15, 0.2) is 48.8 Å². The van der Waals surface area contributed by atoms with Crippen molar-refractivity contribution < 1.29 is 18.0 Å². The third-order valence-electron chi connectivity index (χ3n) is 4.94. The number of hydrogen-bond acceptors (Lipinski definition) is 3. The molecular weight excluding hydrogens is 369 g/mol. The number of hydrogen-bond donors (Lipinski definition) is 2. The monoisotopic (exact) mass is 388 g/mol. The van der Waals surface area contributed by atoms with E-state index < -0.39 is 11.9 Å². The lowest BCUT2D eigenvalue weighted by Gasteiger charge is -2.19. The summed E-state index contributed by atoms with van der Waals surface area (Å²) in [7, 11) is 0. The Hall–Kier alpha value is -3.03. The molecule has 0 aliphatic carbocycles. The number of fused-ring (bicyclic) bond motifs is 1. The molecule has 8 heteroatoms. The van der Waals surface area contributed by atoms with Crippen LogP contribution in [0.4, 0.5) is 18.9 Å². The molecule has 2 aromatic heterocycles. The summed E-state index contributed by atoms with van der Waals surface area (Å²) in [6.45, 7) is 1.21. The Bertz CT molecular complexity index is 981. The zero-order valence-corrected chi connectivity index (χ0v) is 15.0. The minimum atomic E-state index is -4.44. The number of benzene rings is 1. The van der Waals surface area contributed by atoms with Crippen molar-refractivity contribution in [1.82, 2.24) is 15.3 Å². The number of aromatic nitrogens is 2. The molecule has 1 saturated heterocycles. The molecule has 1 aliphatic heterocycles. The van der Waals surface area contributed by atoms with Crippen molar-refractivity contribution in [3.05, 3.63) is 60.0 Å². The van der Waals surface area contributed by atoms with Gasteiger partial charge in [0.05, 0.1) is 18.3 Å². The highest BCUT2D eigenvalue weighted by molar-refractivity contribution is 5.83. The van der Waals surface area contributed by atoms with Gasteiger partial charge in [-0.05, 0) is 41.6 Å². The molecule has 0 radical (unpaired) electrons. The van der Waals surface area contributed by atoms with Crippen molar-refractivity contribution in [3.63, 3.8) is 0 Å². The summed E-state index contributed by atoms with van der Waals surface area (Å²) < 4.78 is 37.9. The highest BCUT2D eigenvalue weighted by Crippen LogP contribution is 2.29. The fourth-order valence-electron chi connectivity index (χ4n) is 3.52. The second-order valence-corrected chi connectivity index (χ2v) is 6.97. The highest BCUT2D eigenvalue weighted by atomic mass is 19.4. The van der Waals surface area contributed by atoms with Gasteiger partial charge in [-0.15, -0.1) is 0 Å². The van der Waals surface area contributed by atoms with Crippen molar-refractivity contribution in [2.75, 3.05) is 18.0 Å². The van der Waals surface area contributed by atoms with Gasteiger partial charge in [-0.2, -0.15) is 13.2 Å². The third kappa shape index (κ3) is 3.95. The van der Waals surface area contributed by atoms with Crippen molar-refractivity contribution >= 4 is 22.5 Å². The lowest BCUT2D eigenvalue weighted by atomic mass is 10.1. The number of aromatic amines is 1. The molecule has 0 bridgehead atoms. The molecule has 0 spiro atoms. The Kier molecular flexibility index (Phi) is 4.70.